The predicted octanol–water partition coefficient (Wildman–Crippen LogP) is 1.03. The molecule has 27 heavy (non-hydrogen) atoms. The van der Waals surface area contributed by atoms with E-state index in [2.05, 4.69) is 15.2 Å². The number of aromatic nitrogens is 3. The summed E-state index contributed by atoms with van der Waals surface area (Å²) >= 11 is 1.92. The molecule has 146 valence electrons. The molecule has 10 heteroatoms. The van der Waals surface area contributed by atoms with E-state index >= 15 is 0 Å². The molecule has 0 spiro atoms. The second-order valence-electron chi connectivity index (χ2n) is 6.91. The Kier molecular flexibility index (Phi) is 5.49. The summed E-state index contributed by atoms with van der Waals surface area (Å²) in [6.45, 7) is 3.12. The first-order chi connectivity index (χ1) is 13.0. The molecule has 1 aromatic carbocycles. The molecule has 1 unspecified atom stereocenters. The lowest BCUT2D eigenvalue weighted by molar-refractivity contribution is 0.217. The van der Waals surface area contributed by atoms with Gasteiger partial charge < -0.3 is 0 Å². The summed E-state index contributed by atoms with van der Waals surface area (Å²) in [7, 11) is -3.27. The predicted molar refractivity (Wildman–Crippen MR) is 102 cm³/mol. The Bertz CT molecular complexity index is 881. The molecule has 0 bridgehead atoms. The lowest BCUT2D eigenvalue weighted by Crippen LogP contribution is -2.43. The number of nitrogens with zero attached hydrogens (tertiary/aromatic N) is 5. The van der Waals surface area contributed by atoms with Gasteiger partial charge in [-0.3, -0.25) is 4.90 Å². The fourth-order valence-electron chi connectivity index (χ4n) is 3.52. The van der Waals surface area contributed by atoms with Crippen molar-refractivity contribution < 1.29 is 12.8 Å². The van der Waals surface area contributed by atoms with Gasteiger partial charge in [0, 0.05) is 37.2 Å². The van der Waals surface area contributed by atoms with Crippen LogP contribution in [0.2, 0.25) is 0 Å². The maximum absolute atomic E-state index is 13.0. The van der Waals surface area contributed by atoms with Crippen molar-refractivity contribution in [3.8, 4) is 0 Å². The average molecular weight is 412 g/mol. The second-order valence-corrected chi connectivity index (χ2v) is 10.1. The van der Waals surface area contributed by atoms with Crippen LogP contribution in [0.1, 0.15) is 11.3 Å². The Morgan fingerprint density at radius 2 is 1.89 bits per heavy atom. The van der Waals surface area contributed by atoms with Crippen molar-refractivity contribution >= 4 is 21.8 Å². The van der Waals surface area contributed by atoms with E-state index in [4.69, 9.17) is 0 Å². The van der Waals surface area contributed by atoms with E-state index in [0.717, 1.165) is 30.2 Å². The number of thioether (sulfide) groups is 1. The first kappa shape index (κ1) is 18.9. The highest BCUT2D eigenvalue weighted by molar-refractivity contribution is 7.99. The van der Waals surface area contributed by atoms with E-state index in [1.54, 1.807) is 23.0 Å². The molecule has 0 amide bonds. The maximum atomic E-state index is 13.0. The molecule has 0 aliphatic carbocycles. The monoisotopic (exact) mass is 411 g/mol. The third-order valence-electron chi connectivity index (χ3n) is 4.96. The van der Waals surface area contributed by atoms with Crippen molar-refractivity contribution in [2.45, 2.75) is 19.1 Å². The molecule has 3 heterocycles. The number of hydrogen-bond donors (Lipinski definition) is 0. The van der Waals surface area contributed by atoms with Gasteiger partial charge in [-0.05, 0) is 17.7 Å². The summed E-state index contributed by atoms with van der Waals surface area (Å²) in [5.41, 5.74) is 1.53. The van der Waals surface area contributed by atoms with E-state index in [9.17, 15) is 12.8 Å². The van der Waals surface area contributed by atoms with Crippen LogP contribution in [-0.2, 0) is 23.1 Å². The van der Waals surface area contributed by atoms with Crippen LogP contribution >= 0.6 is 11.8 Å². The number of hydrogen-bond acceptors (Lipinski definition) is 6. The molecule has 2 aromatic rings. The molecule has 0 saturated carbocycles. The molecular formula is C17H22FN5O2S2. The van der Waals surface area contributed by atoms with Crippen molar-refractivity contribution in [1.82, 2.24) is 24.2 Å². The maximum Gasteiger partial charge on any atom is 0.216 e. The van der Waals surface area contributed by atoms with Crippen LogP contribution < -0.4 is 0 Å². The van der Waals surface area contributed by atoms with Gasteiger partial charge in [0.25, 0.3) is 0 Å². The molecule has 2 aliphatic heterocycles. The summed E-state index contributed by atoms with van der Waals surface area (Å²) in [6.07, 6.45) is 1.75. The van der Waals surface area contributed by atoms with Crippen LogP contribution in [0.15, 0.2) is 30.5 Å². The molecule has 1 aromatic heterocycles. The standard InChI is InChI=1S/C17H22FN5O2S2/c18-15-3-1-14(2-4-15)9-22-10-16(19-20-22)11-23-12-17(13-27(23,24)25)21-5-7-26-8-6-21/h1-4,10,17H,5-9,11-13H2. The Balaban J connectivity index is 1.40. The lowest BCUT2D eigenvalue weighted by atomic mass is 10.2. The minimum atomic E-state index is -3.27. The fourth-order valence-corrected chi connectivity index (χ4v) is 6.19. The number of sulfonamides is 1. The van der Waals surface area contributed by atoms with Gasteiger partial charge in [0.2, 0.25) is 10.0 Å². The molecule has 7 nitrogen and oxygen atoms in total. The molecule has 1 atom stereocenters. The third kappa shape index (κ3) is 4.50. The Hall–Kier alpha value is -1.49. The Labute approximate surface area is 162 Å². The average Bonchev–Trinajstić information content (AvgIpc) is 3.22. The molecule has 2 saturated heterocycles. The van der Waals surface area contributed by atoms with E-state index < -0.39 is 10.0 Å². The van der Waals surface area contributed by atoms with Crippen molar-refractivity contribution in [2.75, 3.05) is 36.9 Å². The van der Waals surface area contributed by atoms with Gasteiger partial charge in [-0.15, -0.1) is 5.10 Å². The SMILES string of the molecule is O=S1(=O)CC(N2CCSCC2)CN1Cc1cn(Cc2ccc(F)cc2)nn1. The molecule has 0 radical (unpaired) electrons. The minimum Gasteiger partial charge on any atom is -0.296 e. The first-order valence-electron chi connectivity index (χ1n) is 8.93. The Morgan fingerprint density at radius 1 is 1.15 bits per heavy atom. The van der Waals surface area contributed by atoms with Gasteiger partial charge >= 0.3 is 0 Å². The Morgan fingerprint density at radius 3 is 2.63 bits per heavy atom. The highest BCUT2D eigenvalue weighted by Crippen LogP contribution is 2.23. The zero-order chi connectivity index (χ0) is 18.9. The normalized spacial score (nSPS) is 23.7. The topological polar surface area (TPSA) is 71.3 Å². The minimum absolute atomic E-state index is 0.0603. The van der Waals surface area contributed by atoms with E-state index in [0.29, 0.717) is 18.8 Å². The lowest BCUT2D eigenvalue weighted by Gasteiger charge is -2.30. The summed E-state index contributed by atoms with van der Waals surface area (Å²) in [4.78, 5) is 2.29. The number of benzene rings is 1. The molecule has 0 N–H and O–H groups in total. The van der Waals surface area contributed by atoms with Crippen molar-refractivity contribution in [1.29, 1.82) is 0 Å². The highest BCUT2D eigenvalue weighted by atomic mass is 32.2. The summed E-state index contributed by atoms with van der Waals surface area (Å²) in [5, 5.41) is 8.18. The summed E-state index contributed by atoms with van der Waals surface area (Å²) in [6, 6.07) is 6.27. The van der Waals surface area contributed by atoms with Gasteiger partial charge in [0.15, 0.2) is 0 Å². The van der Waals surface area contributed by atoms with Crippen molar-refractivity contribution in [3.63, 3.8) is 0 Å². The molecule has 2 aliphatic rings. The number of rotatable bonds is 5. The number of halogens is 1. The van der Waals surface area contributed by atoms with Crippen LogP contribution in [0.5, 0.6) is 0 Å². The van der Waals surface area contributed by atoms with Gasteiger partial charge in [-0.2, -0.15) is 16.1 Å². The second kappa shape index (κ2) is 7.86. The quantitative estimate of drug-likeness (QED) is 0.732. The van der Waals surface area contributed by atoms with Gasteiger partial charge in [0.05, 0.1) is 30.7 Å². The van der Waals surface area contributed by atoms with Crippen LogP contribution in [-0.4, -0.2) is 75.6 Å². The largest absolute Gasteiger partial charge is 0.296 e. The van der Waals surface area contributed by atoms with Gasteiger partial charge in [-0.25, -0.2) is 17.5 Å². The smallest absolute Gasteiger partial charge is 0.216 e. The zero-order valence-electron chi connectivity index (χ0n) is 14.9. The summed E-state index contributed by atoms with van der Waals surface area (Å²) in [5.74, 6) is 2.03. The molecule has 4 rings (SSSR count). The van der Waals surface area contributed by atoms with Gasteiger partial charge in [0.1, 0.15) is 5.82 Å². The molecular weight excluding hydrogens is 389 g/mol. The van der Waals surface area contributed by atoms with E-state index in [1.807, 2.05) is 11.8 Å². The van der Waals surface area contributed by atoms with E-state index in [1.165, 1.54) is 16.4 Å². The fraction of sp³-hybridized carbons (Fsp3) is 0.529. The first-order valence-corrected chi connectivity index (χ1v) is 11.7. The molecule has 2 fully saturated rings. The zero-order valence-corrected chi connectivity index (χ0v) is 16.5. The summed E-state index contributed by atoms with van der Waals surface area (Å²) < 4.78 is 41.3. The van der Waals surface area contributed by atoms with Gasteiger partial charge in [-0.1, -0.05) is 17.3 Å². The van der Waals surface area contributed by atoms with Crippen LogP contribution in [0.3, 0.4) is 0 Å². The third-order valence-corrected chi connectivity index (χ3v) is 7.77. The highest BCUT2D eigenvalue weighted by Gasteiger charge is 2.39. The van der Waals surface area contributed by atoms with Crippen LogP contribution in [0.4, 0.5) is 4.39 Å². The van der Waals surface area contributed by atoms with Crippen molar-refractivity contribution in [3.05, 3.63) is 47.5 Å². The van der Waals surface area contributed by atoms with Crippen molar-refractivity contribution in [2.24, 2.45) is 0 Å². The van der Waals surface area contributed by atoms with Crippen LogP contribution in [0, 0.1) is 5.82 Å². The van der Waals surface area contributed by atoms with E-state index in [-0.39, 0.29) is 24.2 Å². The van der Waals surface area contributed by atoms with Crippen LogP contribution in [0.25, 0.3) is 0 Å².